The third-order valence-corrected chi connectivity index (χ3v) is 1.09. The van der Waals surface area contributed by atoms with Gasteiger partial charge in [0.25, 0.3) is 0 Å². The summed E-state index contributed by atoms with van der Waals surface area (Å²) in [6.45, 7) is 1.96. The van der Waals surface area contributed by atoms with Gasteiger partial charge in [-0.2, -0.15) is 0 Å². The van der Waals surface area contributed by atoms with Crippen molar-refractivity contribution in [3.63, 3.8) is 0 Å². The minimum absolute atomic E-state index is 0.123. The minimum Gasteiger partial charge on any atom is -0.431 e. The summed E-state index contributed by atoms with van der Waals surface area (Å²) < 4.78 is 4.73. The Hall–Kier alpha value is -0.790. The van der Waals surface area contributed by atoms with E-state index >= 15 is 0 Å². The molecule has 0 aromatic heterocycles. The maximum absolute atomic E-state index is 10.3. The first kappa shape index (κ1) is 5.35. The van der Waals surface area contributed by atoms with E-state index in [2.05, 4.69) is 0 Å². The average molecular weight is 112 g/mol. The lowest BCUT2D eigenvalue weighted by atomic mass is 10.3. The van der Waals surface area contributed by atoms with Crippen LogP contribution in [0.4, 0.5) is 0 Å². The molecule has 0 spiro atoms. The summed E-state index contributed by atoms with van der Waals surface area (Å²) in [4.78, 5) is 10.3. The molecule has 1 rings (SSSR count). The van der Waals surface area contributed by atoms with E-state index in [4.69, 9.17) is 4.74 Å². The molecule has 1 aliphatic rings. The smallest absolute Gasteiger partial charge is 0.314 e. The zero-order valence-corrected chi connectivity index (χ0v) is 4.81. The summed E-state index contributed by atoms with van der Waals surface area (Å²) in [6.07, 6.45) is 3.11. The van der Waals surface area contributed by atoms with E-state index in [1.165, 1.54) is 0 Å². The Morgan fingerprint density at radius 1 is 1.88 bits per heavy atom. The fourth-order valence-electron chi connectivity index (χ4n) is 0.643. The van der Waals surface area contributed by atoms with Crippen LogP contribution in [0, 0.1) is 0 Å². The average Bonchev–Trinajstić information content (AvgIpc) is 2.14. The van der Waals surface area contributed by atoms with Crippen molar-refractivity contribution in [2.75, 3.05) is 0 Å². The van der Waals surface area contributed by atoms with Gasteiger partial charge < -0.3 is 4.74 Å². The molecule has 0 unspecified atom stereocenters. The van der Waals surface area contributed by atoms with Gasteiger partial charge in [-0.15, -0.1) is 0 Å². The zero-order valence-electron chi connectivity index (χ0n) is 4.81. The van der Waals surface area contributed by atoms with Crippen LogP contribution in [0.25, 0.3) is 0 Å². The van der Waals surface area contributed by atoms with E-state index in [1.807, 2.05) is 13.0 Å². The van der Waals surface area contributed by atoms with E-state index in [9.17, 15) is 4.79 Å². The van der Waals surface area contributed by atoms with Gasteiger partial charge in [0.1, 0.15) is 5.76 Å². The van der Waals surface area contributed by atoms with Crippen LogP contribution in [-0.4, -0.2) is 5.97 Å². The quantitative estimate of drug-likeness (QED) is 0.477. The van der Waals surface area contributed by atoms with Crippen molar-refractivity contribution in [1.82, 2.24) is 0 Å². The standard InChI is InChI=1S/C6H8O2/c1-2-5-3-4-6(7)8-5/h3H,2,4H2,1H3. The van der Waals surface area contributed by atoms with Gasteiger partial charge in [-0.25, -0.2) is 0 Å². The van der Waals surface area contributed by atoms with E-state index in [-0.39, 0.29) is 5.97 Å². The topological polar surface area (TPSA) is 26.3 Å². The van der Waals surface area contributed by atoms with Crippen molar-refractivity contribution in [3.8, 4) is 0 Å². The molecule has 1 aliphatic heterocycles. The van der Waals surface area contributed by atoms with Crippen LogP contribution in [0.3, 0.4) is 0 Å². The van der Waals surface area contributed by atoms with Gasteiger partial charge in [-0.05, 0) is 6.08 Å². The van der Waals surface area contributed by atoms with Crippen LogP contribution in [0.5, 0.6) is 0 Å². The molecule has 0 aliphatic carbocycles. The number of carbonyl (C=O) groups excluding carboxylic acids is 1. The van der Waals surface area contributed by atoms with Crippen molar-refractivity contribution >= 4 is 5.97 Å². The van der Waals surface area contributed by atoms with Gasteiger partial charge in [0, 0.05) is 6.42 Å². The molecule has 0 aromatic carbocycles. The number of hydrogen-bond acceptors (Lipinski definition) is 2. The second-order valence-electron chi connectivity index (χ2n) is 1.70. The lowest BCUT2D eigenvalue weighted by Crippen LogP contribution is -1.92. The van der Waals surface area contributed by atoms with Crippen molar-refractivity contribution in [2.45, 2.75) is 19.8 Å². The van der Waals surface area contributed by atoms with E-state index < -0.39 is 0 Å². The monoisotopic (exact) mass is 112 g/mol. The van der Waals surface area contributed by atoms with Gasteiger partial charge in [0.05, 0.1) is 6.42 Å². The molecular weight excluding hydrogens is 104 g/mol. The van der Waals surface area contributed by atoms with Crippen LogP contribution >= 0.6 is 0 Å². The predicted octanol–water partition coefficient (Wildman–Crippen LogP) is 1.23. The third kappa shape index (κ3) is 0.886. The summed E-state index contributed by atoms with van der Waals surface area (Å²) in [5, 5.41) is 0. The third-order valence-electron chi connectivity index (χ3n) is 1.09. The van der Waals surface area contributed by atoms with Gasteiger partial charge in [0.15, 0.2) is 0 Å². The Morgan fingerprint density at radius 3 is 2.88 bits per heavy atom. The highest BCUT2D eigenvalue weighted by Gasteiger charge is 2.10. The summed E-state index contributed by atoms with van der Waals surface area (Å²) in [5.74, 6) is 0.692. The number of allylic oxidation sites excluding steroid dienone is 1. The number of rotatable bonds is 1. The number of carbonyl (C=O) groups is 1. The Labute approximate surface area is 48.1 Å². The molecule has 44 valence electrons. The molecular formula is C6H8O2. The molecule has 0 fully saturated rings. The number of ether oxygens (including phenoxy) is 1. The molecule has 8 heavy (non-hydrogen) atoms. The largest absolute Gasteiger partial charge is 0.431 e. The molecule has 0 atom stereocenters. The van der Waals surface area contributed by atoms with Gasteiger partial charge in [0.2, 0.25) is 0 Å². The zero-order chi connectivity index (χ0) is 5.98. The molecule has 1 heterocycles. The number of esters is 1. The molecule has 2 nitrogen and oxygen atoms in total. The van der Waals surface area contributed by atoms with Gasteiger partial charge in [-0.1, -0.05) is 6.92 Å². The highest BCUT2D eigenvalue weighted by atomic mass is 16.5. The molecule has 0 radical (unpaired) electrons. The van der Waals surface area contributed by atoms with Crippen LogP contribution in [0.15, 0.2) is 11.8 Å². The van der Waals surface area contributed by atoms with Gasteiger partial charge >= 0.3 is 5.97 Å². The van der Waals surface area contributed by atoms with Crippen LogP contribution in [0.2, 0.25) is 0 Å². The molecule has 0 bridgehead atoms. The van der Waals surface area contributed by atoms with Crippen molar-refractivity contribution < 1.29 is 9.53 Å². The van der Waals surface area contributed by atoms with E-state index in [0.717, 1.165) is 12.2 Å². The SMILES string of the molecule is CCC1=CCC(=O)O1. The number of hydrogen-bond donors (Lipinski definition) is 0. The summed E-state index contributed by atoms with van der Waals surface area (Å²) >= 11 is 0. The highest BCUT2D eigenvalue weighted by Crippen LogP contribution is 2.12. The molecule has 0 amide bonds. The van der Waals surface area contributed by atoms with Gasteiger partial charge in [-0.3, -0.25) is 4.79 Å². The maximum atomic E-state index is 10.3. The first-order valence-electron chi connectivity index (χ1n) is 2.72. The number of cyclic esters (lactones) is 1. The van der Waals surface area contributed by atoms with E-state index in [1.54, 1.807) is 0 Å². The maximum Gasteiger partial charge on any atom is 0.314 e. The Kier molecular flexibility index (Phi) is 1.33. The lowest BCUT2D eigenvalue weighted by molar-refractivity contribution is -0.136. The summed E-state index contributed by atoms with van der Waals surface area (Å²) in [7, 11) is 0. The van der Waals surface area contributed by atoms with Crippen molar-refractivity contribution in [1.29, 1.82) is 0 Å². The molecule has 0 saturated heterocycles. The van der Waals surface area contributed by atoms with Crippen molar-refractivity contribution in [3.05, 3.63) is 11.8 Å². The molecule has 0 N–H and O–H groups in total. The normalized spacial score (nSPS) is 18.1. The lowest BCUT2D eigenvalue weighted by Gasteiger charge is -1.93. The molecule has 0 aromatic rings. The van der Waals surface area contributed by atoms with Crippen LogP contribution in [-0.2, 0) is 9.53 Å². The Morgan fingerprint density at radius 2 is 2.62 bits per heavy atom. The second kappa shape index (κ2) is 1.99. The van der Waals surface area contributed by atoms with Crippen LogP contribution in [0.1, 0.15) is 19.8 Å². The molecule has 2 heteroatoms. The summed E-state index contributed by atoms with van der Waals surface area (Å²) in [5.41, 5.74) is 0. The Bertz CT molecular complexity index is 135. The van der Waals surface area contributed by atoms with Crippen molar-refractivity contribution in [2.24, 2.45) is 0 Å². The summed E-state index contributed by atoms with van der Waals surface area (Å²) in [6, 6.07) is 0. The first-order valence-corrected chi connectivity index (χ1v) is 2.72. The van der Waals surface area contributed by atoms with Crippen LogP contribution < -0.4 is 0 Å². The highest BCUT2D eigenvalue weighted by molar-refractivity contribution is 5.74. The van der Waals surface area contributed by atoms with E-state index in [0.29, 0.717) is 6.42 Å². The fraction of sp³-hybridized carbons (Fsp3) is 0.500. The first-order chi connectivity index (χ1) is 3.83. The fourth-order valence-corrected chi connectivity index (χ4v) is 0.643. The second-order valence-corrected chi connectivity index (χ2v) is 1.70. The molecule has 0 saturated carbocycles. The Balaban J connectivity index is 2.49. The minimum atomic E-state index is -0.123. The predicted molar refractivity (Wildman–Crippen MR) is 29.1 cm³/mol.